The number of rotatable bonds is 7. The van der Waals surface area contributed by atoms with Gasteiger partial charge in [0.25, 0.3) is 0 Å². The fourth-order valence-corrected chi connectivity index (χ4v) is 4.50. The molecule has 0 aliphatic heterocycles. The van der Waals surface area contributed by atoms with E-state index in [1.807, 2.05) is 12.1 Å². The van der Waals surface area contributed by atoms with Crippen molar-refractivity contribution in [1.29, 1.82) is 0 Å². The summed E-state index contributed by atoms with van der Waals surface area (Å²) in [5.74, 6) is 0. The van der Waals surface area contributed by atoms with Crippen LogP contribution in [0, 0.1) is 0 Å². The molecule has 0 saturated heterocycles. The molecule has 0 aromatic heterocycles. The van der Waals surface area contributed by atoms with Crippen molar-refractivity contribution in [2.75, 3.05) is 7.05 Å². The van der Waals surface area contributed by atoms with Gasteiger partial charge >= 0.3 is 0 Å². The summed E-state index contributed by atoms with van der Waals surface area (Å²) in [4.78, 5) is 0.221. The first-order valence-electron chi connectivity index (χ1n) is 8.27. The molecule has 142 valence electrons. The first-order chi connectivity index (χ1) is 12.1. The van der Waals surface area contributed by atoms with Gasteiger partial charge in [0.1, 0.15) is 0 Å². The summed E-state index contributed by atoms with van der Waals surface area (Å²) >= 11 is 0. The monoisotopic (exact) mass is 396 g/mol. The van der Waals surface area contributed by atoms with Crippen LogP contribution in [0.1, 0.15) is 37.4 Å². The van der Waals surface area contributed by atoms with Gasteiger partial charge in [-0.05, 0) is 48.7 Å². The third kappa shape index (κ3) is 4.50. The Morgan fingerprint density at radius 1 is 0.923 bits per heavy atom. The quantitative estimate of drug-likeness (QED) is 0.778. The summed E-state index contributed by atoms with van der Waals surface area (Å²) in [5.41, 5.74) is 1.77. The zero-order valence-corrected chi connectivity index (χ0v) is 16.7. The van der Waals surface area contributed by atoms with Crippen LogP contribution in [-0.4, -0.2) is 28.2 Å². The van der Waals surface area contributed by atoms with E-state index in [9.17, 15) is 16.8 Å². The van der Waals surface area contributed by atoms with Crippen molar-refractivity contribution < 1.29 is 16.8 Å². The molecule has 0 heterocycles. The minimum absolute atomic E-state index is 0.00882. The van der Waals surface area contributed by atoms with Crippen molar-refractivity contribution in [3.8, 4) is 0 Å². The minimum atomic E-state index is -3.78. The van der Waals surface area contributed by atoms with Gasteiger partial charge in [-0.2, -0.15) is 4.31 Å². The van der Waals surface area contributed by atoms with Crippen molar-refractivity contribution >= 4 is 20.0 Å². The highest BCUT2D eigenvalue weighted by Crippen LogP contribution is 2.26. The molecule has 0 aliphatic rings. The van der Waals surface area contributed by atoms with E-state index >= 15 is 0 Å². The highest BCUT2D eigenvalue weighted by molar-refractivity contribution is 7.89. The molecule has 2 rings (SSSR count). The van der Waals surface area contributed by atoms with Gasteiger partial charge in [-0.25, -0.2) is 22.0 Å². The van der Waals surface area contributed by atoms with Crippen molar-refractivity contribution in [3.05, 3.63) is 59.7 Å². The number of nitrogens with zero attached hydrogens (tertiary/aromatic N) is 1. The van der Waals surface area contributed by atoms with Crippen LogP contribution in [0.25, 0.3) is 0 Å². The van der Waals surface area contributed by atoms with Gasteiger partial charge in [0.2, 0.25) is 20.0 Å². The maximum Gasteiger partial charge on any atom is 0.243 e. The Bertz CT molecular complexity index is 951. The summed E-state index contributed by atoms with van der Waals surface area (Å²) in [5, 5.41) is 5.09. The Morgan fingerprint density at radius 3 is 1.88 bits per heavy atom. The molecule has 0 spiro atoms. The second-order valence-corrected chi connectivity index (χ2v) is 9.76. The second-order valence-electron chi connectivity index (χ2n) is 6.21. The fraction of sp³-hybridized carbons (Fsp3) is 0.333. The predicted molar refractivity (Wildman–Crippen MR) is 102 cm³/mol. The summed E-state index contributed by atoms with van der Waals surface area (Å²) in [6, 6.07) is 12.3. The average molecular weight is 397 g/mol. The van der Waals surface area contributed by atoms with Crippen LogP contribution in [0.3, 0.4) is 0 Å². The smallest absolute Gasteiger partial charge is 0.225 e. The van der Waals surface area contributed by atoms with Crippen LogP contribution in [0.4, 0.5) is 0 Å². The number of primary sulfonamides is 1. The van der Waals surface area contributed by atoms with E-state index in [1.165, 1.54) is 23.5 Å². The standard InChI is InChI=1S/C18H24N2O4S2/c1-4-5-15-6-10-18(11-7-15)26(23,24)20(3)14(2)16-8-12-17(13-9-16)25(19,21)22/h6-14H,4-5H2,1-3H3,(H2,19,21,22). The zero-order valence-electron chi connectivity index (χ0n) is 15.1. The molecule has 0 fully saturated rings. The second kappa shape index (κ2) is 7.87. The van der Waals surface area contributed by atoms with Crippen LogP contribution in [-0.2, 0) is 26.5 Å². The SMILES string of the molecule is CCCc1ccc(S(=O)(=O)N(C)C(C)c2ccc(S(N)(=O)=O)cc2)cc1. The molecule has 0 bridgehead atoms. The zero-order chi connectivity index (χ0) is 19.5. The Labute approximate surface area is 155 Å². The highest BCUT2D eigenvalue weighted by atomic mass is 32.2. The van der Waals surface area contributed by atoms with E-state index in [2.05, 4.69) is 6.92 Å². The minimum Gasteiger partial charge on any atom is -0.225 e. The van der Waals surface area contributed by atoms with E-state index in [-0.39, 0.29) is 9.79 Å². The molecular formula is C18H24N2O4S2. The molecule has 2 aromatic rings. The maximum absolute atomic E-state index is 12.9. The lowest BCUT2D eigenvalue weighted by Gasteiger charge is -2.25. The van der Waals surface area contributed by atoms with Crippen molar-refractivity contribution in [2.45, 2.75) is 42.5 Å². The van der Waals surface area contributed by atoms with Crippen LogP contribution in [0.5, 0.6) is 0 Å². The number of sulfonamides is 2. The van der Waals surface area contributed by atoms with Gasteiger partial charge in [-0.1, -0.05) is 37.6 Å². The summed E-state index contributed by atoms with van der Waals surface area (Å²) in [6.45, 7) is 3.82. The topological polar surface area (TPSA) is 97.5 Å². The van der Waals surface area contributed by atoms with Crippen LogP contribution < -0.4 is 5.14 Å². The number of nitrogens with two attached hydrogens (primary N) is 1. The molecule has 8 heteroatoms. The summed E-state index contributed by atoms with van der Waals surface area (Å²) in [6.07, 6.45) is 1.90. The predicted octanol–water partition coefficient (Wildman–Crippen LogP) is 2.67. The van der Waals surface area contributed by atoms with E-state index in [0.29, 0.717) is 5.56 Å². The van der Waals surface area contributed by atoms with Crippen LogP contribution >= 0.6 is 0 Å². The molecule has 0 amide bonds. The first kappa shape index (κ1) is 20.6. The molecule has 26 heavy (non-hydrogen) atoms. The normalized spacial score (nSPS) is 13.7. The molecule has 2 N–H and O–H groups in total. The summed E-state index contributed by atoms with van der Waals surface area (Å²) in [7, 11) is -5.94. The lowest BCUT2D eigenvalue weighted by atomic mass is 10.1. The van der Waals surface area contributed by atoms with E-state index in [1.54, 1.807) is 31.2 Å². The summed E-state index contributed by atoms with van der Waals surface area (Å²) < 4.78 is 49.7. The lowest BCUT2D eigenvalue weighted by molar-refractivity contribution is 0.398. The molecule has 0 saturated carbocycles. The van der Waals surface area contributed by atoms with Crippen LogP contribution in [0.2, 0.25) is 0 Å². The Morgan fingerprint density at radius 2 is 1.42 bits per heavy atom. The Balaban J connectivity index is 2.26. The molecule has 2 aromatic carbocycles. The third-order valence-corrected chi connectivity index (χ3v) is 7.25. The Hall–Kier alpha value is -1.74. The van der Waals surface area contributed by atoms with Crippen molar-refractivity contribution in [2.24, 2.45) is 5.14 Å². The molecule has 6 nitrogen and oxygen atoms in total. The number of hydrogen-bond donors (Lipinski definition) is 1. The van der Waals surface area contributed by atoms with E-state index < -0.39 is 26.1 Å². The maximum atomic E-state index is 12.9. The Kier molecular flexibility index (Phi) is 6.23. The number of aryl methyl sites for hydroxylation is 1. The van der Waals surface area contributed by atoms with Crippen molar-refractivity contribution in [1.82, 2.24) is 4.31 Å². The first-order valence-corrected chi connectivity index (χ1v) is 11.3. The fourth-order valence-electron chi connectivity index (χ4n) is 2.64. The van der Waals surface area contributed by atoms with Gasteiger partial charge in [-0.3, -0.25) is 0 Å². The van der Waals surface area contributed by atoms with E-state index in [0.717, 1.165) is 18.4 Å². The molecule has 0 radical (unpaired) electrons. The molecular weight excluding hydrogens is 372 g/mol. The van der Waals surface area contributed by atoms with Gasteiger partial charge in [0.15, 0.2) is 0 Å². The average Bonchev–Trinajstić information content (AvgIpc) is 2.60. The third-order valence-electron chi connectivity index (χ3n) is 4.38. The van der Waals surface area contributed by atoms with E-state index in [4.69, 9.17) is 5.14 Å². The van der Waals surface area contributed by atoms with Crippen molar-refractivity contribution in [3.63, 3.8) is 0 Å². The van der Waals surface area contributed by atoms with Gasteiger partial charge in [-0.15, -0.1) is 0 Å². The largest absolute Gasteiger partial charge is 0.243 e. The van der Waals surface area contributed by atoms with Gasteiger partial charge < -0.3 is 0 Å². The molecule has 1 unspecified atom stereocenters. The molecule has 1 atom stereocenters. The van der Waals surface area contributed by atoms with Gasteiger partial charge in [0.05, 0.1) is 9.79 Å². The van der Waals surface area contributed by atoms with Crippen LogP contribution in [0.15, 0.2) is 58.3 Å². The lowest BCUT2D eigenvalue weighted by Crippen LogP contribution is -2.29. The van der Waals surface area contributed by atoms with Gasteiger partial charge in [0, 0.05) is 13.1 Å². The highest BCUT2D eigenvalue weighted by Gasteiger charge is 2.26. The molecule has 0 aliphatic carbocycles. The number of hydrogen-bond acceptors (Lipinski definition) is 4. The number of benzene rings is 2.